The van der Waals surface area contributed by atoms with Crippen molar-refractivity contribution in [3.05, 3.63) is 105 Å². The minimum Gasteiger partial charge on any atom is -0.349 e. The number of Topliss-reactive ketones (excluding diaryl/α,β-unsaturated/α-hetero) is 2. The highest BCUT2D eigenvalue weighted by Crippen LogP contribution is 2.57. The number of imide groups is 1. The van der Waals surface area contributed by atoms with Crippen LogP contribution in [0.5, 0.6) is 0 Å². The molecule has 0 aromatic heterocycles. The molecule has 3 unspecified atom stereocenters. The maximum atomic E-state index is 14.0. The van der Waals surface area contributed by atoms with E-state index in [0.717, 1.165) is 10.5 Å². The molecule has 6 rings (SSSR count). The third-order valence-corrected chi connectivity index (χ3v) is 7.56. The van der Waals surface area contributed by atoms with Crippen molar-refractivity contribution in [2.45, 2.75) is 25.6 Å². The highest BCUT2D eigenvalue weighted by Gasteiger charge is 2.74. The monoisotopic (exact) mass is 496 g/mol. The summed E-state index contributed by atoms with van der Waals surface area (Å²) in [6.45, 7) is 3.45. The molecule has 1 aliphatic carbocycles. The molecular formula is C28H20N2O7. The summed E-state index contributed by atoms with van der Waals surface area (Å²) in [5, 5.41) is 11.2. The third kappa shape index (κ3) is 2.94. The third-order valence-electron chi connectivity index (χ3n) is 7.56. The van der Waals surface area contributed by atoms with Crippen molar-refractivity contribution in [1.82, 2.24) is 0 Å². The van der Waals surface area contributed by atoms with Gasteiger partial charge in [0.15, 0.2) is 0 Å². The first-order chi connectivity index (χ1) is 17.7. The van der Waals surface area contributed by atoms with Crippen LogP contribution in [0.1, 0.15) is 43.5 Å². The predicted octanol–water partition coefficient (Wildman–Crippen LogP) is 3.91. The minimum atomic E-state index is -2.17. The lowest BCUT2D eigenvalue weighted by Gasteiger charge is -2.27. The maximum Gasteiger partial charge on any atom is 0.269 e. The van der Waals surface area contributed by atoms with Crippen LogP contribution in [0, 0.1) is 35.8 Å². The molecular weight excluding hydrogens is 476 g/mol. The van der Waals surface area contributed by atoms with Gasteiger partial charge >= 0.3 is 0 Å². The Bertz CT molecular complexity index is 1520. The Balaban J connectivity index is 1.53. The molecule has 0 N–H and O–H groups in total. The van der Waals surface area contributed by atoms with Gasteiger partial charge in [0.1, 0.15) is 0 Å². The van der Waals surface area contributed by atoms with E-state index in [2.05, 4.69) is 0 Å². The molecule has 3 atom stereocenters. The summed E-state index contributed by atoms with van der Waals surface area (Å²) in [5.41, 5.74) is -0.00671. The van der Waals surface area contributed by atoms with Gasteiger partial charge in [0.25, 0.3) is 5.69 Å². The smallest absolute Gasteiger partial charge is 0.269 e. The molecule has 2 fully saturated rings. The molecule has 9 heteroatoms. The molecule has 37 heavy (non-hydrogen) atoms. The van der Waals surface area contributed by atoms with E-state index in [1.807, 2.05) is 19.1 Å². The lowest BCUT2D eigenvalue weighted by Crippen LogP contribution is -2.51. The summed E-state index contributed by atoms with van der Waals surface area (Å²) in [4.78, 5) is 67.1. The van der Waals surface area contributed by atoms with Gasteiger partial charge in [-0.25, -0.2) is 4.90 Å². The van der Waals surface area contributed by atoms with Crippen LogP contribution in [0.15, 0.2) is 66.7 Å². The maximum absolute atomic E-state index is 14.0. The van der Waals surface area contributed by atoms with Crippen molar-refractivity contribution in [1.29, 1.82) is 0 Å². The first kappa shape index (κ1) is 22.9. The molecule has 2 heterocycles. The Morgan fingerprint density at radius 3 is 2.05 bits per heavy atom. The summed E-state index contributed by atoms with van der Waals surface area (Å²) in [6, 6.07) is 17.3. The summed E-state index contributed by atoms with van der Waals surface area (Å²) in [6.07, 6.45) is -1.02. The number of ketones is 2. The number of non-ortho nitro benzene ring substituents is 1. The molecule has 3 aromatic rings. The number of amides is 2. The zero-order chi connectivity index (χ0) is 26.2. The first-order valence-corrected chi connectivity index (χ1v) is 11.7. The highest BCUT2D eigenvalue weighted by atomic mass is 16.6. The van der Waals surface area contributed by atoms with Gasteiger partial charge in [-0.05, 0) is 31.0 Å². The number of aryl methyl sites for hydroxylation is 2. The van der Waals surface area contributed by atoms with Crippen molar-refractivity contribution in [3.63, 3.8) is 0 Å². The van der Waals surface area contributed by atoms with E-state index in [-0.39, 0.29) is 22.5 Å². The van der Waals surface area contributed by atoms with Gasteiger partial charge in [-0.2, -0.15) is 0 Å². The zero-order valence-electron chi connectivity index (χ0n) is 19.8. The standard InChI is InChI=1S/C28H20N2O7/c1-14-7-9-16(10-8-14)23-21-22(28(37-23)24(31)18-5-3-4-6-19(18)25(28)32)27(34)29(26(21)33)20-12-11-17(30(35)36)13-15(20)2/h3-13,21-23H,1-2H3. The number of nitro groups is 1. The molecule has 184 valence electrons. The largest absolute Gasteiger partial charge is 0.349 e. The molecule has 0 bridgehead atoms. The number of benzene rings is 3. The highest BCUT2D eigenvalue weighted by molar-refractivity contribution is 6.37. The number of nitro benzene ring substituents is 1. The second-order valence-corrected chi connectivity index (χ2v) is 9.63. The number of anilines is 1. The van der Waals surface area contributed by atoms with Gasteiger partial charge in [-0.15, -0.1) is 0 Å². The van der Waals surface area contributed by atoms with Gasteiger partial charge < -0.3 is 4.74 Å². The number of hydrogen-bond acceptors (Lipinski definition) is 7. The second-order valence-electron chi connectivity index (χ2n) is 9.63. The Morgan fingerprint density at radius 1 is 0.865 bits per heavy atom. The molecule has 0 saturated carbocycles. The number of fused-ring (bicyclic) bond motifs is 3. The Morgan fingerprint density at radius 2 is 1.49 bits per heavy atom. The minimum absolute atomic E-state index is 0.154. The van der Waals surface area contributed by atoms with Gasteiger partial charge in [0.2, 0.25) is 29.0 Å². The molecule has 3 aromatic carbocycles. The fourth-order valence-corrected chi connectivity index (χ4v) is 5.82. The SMILES string of the molecule is Cc1ccc(C2OC3(C(=O)c4ccccc4C3=O)C3C(=O)N(c4ccc([N+](=O)[O-])cc4C)C(=O)C23)cc1. The van der Waals surface area contributed by atoms with E-state index in [0.29, 0.717) is 11.1 Å². The molecule has 2 saturated heterocycles. The number of rotatable bonds is 3. The number of carbonyl (C=O) groups is 4. The predicted molar refractivity (Wildman–Crippen MR) is 130 cm³/mol. The summed E-state index contributed by atoms with van der Waals surface area (Å²) >= 11 is 0. The number of hydrogen-bond donors (Lipinski definition) is 0. The van der Waals surface area contributed by atoms with Crippen LogP contribution in [-0.2, 0) is 14.3 Å². The molecule has 3 aliphatic rings. The van der Waals surface area contributed by atoms with E-state index < -0.39 is 51.8 Å². The second kappa shape index (κ2) is 7.75. The molecule has 9 nitrogen and oxygen atoms in total. The van der Waals surface area contributed by atoms with Crippen LogP contribution in [0.4, 0.5) is 11.4 Å². The van der Waals surface area contributed by atoms with Crippen LogP contribution < -0.4 is 4.90 Å². The fraction of sp³-hybridized carbons (Fsp3) is 0.214. The van der Waals surface area contributed by atoms with Crippen LogP contribution in [0.3, 0.4) is 0 Å². The van der Waals surface area contributed by atoms with Crippen molar-refractivity contribution >= 4 is 34.8 Å². The van der Waals surface area contributed by atoms with Crippen LogP contribution >= 0.6 is 0 Å². The van der Waals surface area contributed by atoms with E-state index in [1.54, 1.807) is 31.2 Å². The van der Waals surface area contributed by atoms with E-state index >= 15 is 0 Å². The lowest BCUT2D eigenvalue weighted by atomic mass is 9.77. The zero-order valence-corrected chi connectivity index (χ0v) is 19.8. The summed E-state index contributed by atoms with van der Waals surface area (Å²) in [7, 11) is 0. The molecule has 0 radical (unpaired) electrons. The molecule has 1 spiro atoms. The summed E-state index contributed by atoms with van der Waals surface area (Å²) < 4.78 is 6.26. The van der Waals surface area contributed by atoms with Crippen LogP contribution in [0.25, 0.3) is 0 Å². The van der Waals surface area contributed by atoms with Crippen molar-refractivity contribution in [2.75, 3.05) is 4.90 Å². The van der Waals surface area contributed by atoms with E-state index in [1.165, 1.54) is 30.3 Å². The Kier molecular flexibility index (Phi) is 4.80. The van der Waals surface area contributed by atoms with E-state index in [4.69, 9.17) is 4.74 Å². The summed E-state index contributed by atoms with van der Waals surface area (Å²) in [5.74, 6) is -5.15. The number of ether oxygens (including phenoxy) is 1. The Labute approximate surface area is 210 Å². The van der Waals surface area contributed by atoms with Crippen molar-refractivity contribution in [2.24, 2.45) is 11.8 Å². The number of carbonyl (C=O) groups excluding carboxylic acids is 4. The normalized spacial score (nSPS) is 23.6. The average molecular weight is 496 g/mol. The molecule has 2 amide bonds. The van der Waals surface area contributed by atoms with Crippen molar-refractivity contribution < 1.29 is 28.8 Å². The number of nitrogens with zero attached hydrogens (tertiary/aromatic N) is 2. The fourth-order valence-electron chi connectivity index (χ4n) is 5.82. The van der Waals surface area contributed by atoms with Gasteiger partial charge in [0, 0.05) is 23.3 Å². The molecule has 2 aliphatic heterocycles. The Hall–Kier alpha value is -4.50. The topological polar surface area (TPSA) is 124 Å². The lowest BCUT2D eigenvalue weighted by molar-refractivity contribution is -0.384. The van der Waals surface area contributed by atoms with Crippen LogP contribution in [0.2, 0.25) is 0 Å². The quantitative estimate of drug-likeness (QED) is 0.233. The van der Waals surface area contributed by atoms with Crippen molar-refractivity contribution in [3.8, 4) is 0 Å². The van der Waals surface area contributed by atoms with Gasteiger partial charge in [-0.1, -0.05) is 54.1 Å². The average Bonchev–Trinajstić information content (AvgIpc) is 3.45. The van der Waals surface area contributed by atoms with Gasteiger partial charge in [0.05, 0.1) is 28.6 Å². The first-order valence-electron chi connectivity index (χ1n) is 11.7. The van der Waals surface area contributed by atoms with E-state index in [9.17, 15) is 29.3 Å². The van der Waals surface area contributed by atoms with Gasteiger partial charge in [-0.3, -0.25) is 29.3 Å². The van der Waals surface area contributed by atoms with Crippen LogP contribution in [-0.4, -0.2) is 33.9 Å².